The summed E-state index contributed by atoms with van der Waals surface area (Å²) in [5, 5.41) is 3.17. The molecule has 0 bridgehead atoms. The van der Waals surface area contributed by atoms with E-state index in [0.717, 1.165) is 28.1 Å². The summed E-state index contributed by atoms with van der Waals surface area (Å²) in [4.78, 5) is 17.4. The summed E-state index contributed by atoms with van der Waals surface area (Å²) in [6.07, 6.45) is 0.666. The number of hydrogen-bond donors (Lipinski definition) is 1. The largest absolute Gasteiger partial charge is 0.378 e. The summed E-state index contributed by atoms with van der Waals surface area (Å²) in [5.41, 5.74) is 6.14. The van der Waals surface area contributed by atoms with Gasteiger partial charge in [0.25, 0.3) is 5.56 Å². The van der Waals surface area contributed by atoms with Gasteiger partial charge in [0, 0.05) is 23.9 Å². The summed E-state index contributed by atoms with van der Waals surface area (Å²) in [5.74, 6) is 0. The van der Waals surface area contributed by atoms with Crippen LogP contribution in [0.1, 0.15) is 29.4 Å². The summed E-state index contributed by atoms with van der Waals surface area (Å²) >= 11 is 0. The summed E-state index contributed by atoms with van der Waals surface area (Å²) in [7, 11) is 1.64. The van der Waals surface area contributed by atoms with Crippen molar-refractivity contribution in [1.29, 1.82) is 0 Å². The van der Waals surface area contributed by atoms with E-state index in [1.54, 1.807) is 7.11 Å². The molecule has 0 amide bonds. The number of aryl methyl sites for hydroxylation is 2. The number of aromatic nitrogens is 3. The van der Waals surface area contributed by atoms with E-state index in [4.69, 9.17) is 4.74 Å². The first-order valence-corrected chi connectivity index (χ1v) is 7.75. The van der Waals surface area contributed by atoms with E-state index in [0.29, 0.717) is 18.7 Å². The number of benzene rings is 1. The molecule has 0 saturated heterocycles. The summed E-state index contributed by atoms with van der Waals surface area (Å²) in [6, 6.07) is 8.21. The van der Waals surface area contributed by atoms with E-state index in [9.17, 15) is 4.79 Å². The monoisotopic (exact) mass is 311 g/mol. The first kappa shape index (κ1) is 15.5. The molecule has 2 aromatic heterocycles. The fraction of sp³-hybridized carbons (Fsp3) is 0.333. The number of nitrogens with one attached hydrogen (secondary N) is 1. The van der Waals surface area contributed by atoms with Crippen LogP contribution in [0.4, 0.5) is 0 Å². The van der Waals surface area contributed by atoms with Crippen molar-refractivity contribution in [1.82, 2.24) is 14.6 Å². The Kier molecular flexibility index (Phi) is 4.05. The third kappa shape index (κ3) is 2.57. The van der Waals surface area contributed by atoms with Crippen molar-refractivity contribution in [2.75, 3.05) is 7.11 Å². The normalized spacial score (nSPS) is 11.3. The molecule has 0 fully saturated rings. The Morgan fingerprint density at radius 1 is 1.22 bits per heavy atom. The third-order valence-corrected chi connectivity index (χ3v) is 4.14. The minimum atomic E-state index is -0.0364. The Labute approximate surface area is 134 Å². The molecule has 3 aromatic rings. The van der Waals surface area contributed by atoms with Gasteiger partial charge in [-0.15, -0.1) is 0 Å². The molecule has 0 atom stereocenters. The molecule has 0 aliphatic carbocycles. The zero-order valence-electron chi connectivity index (χ0n) is 13.9. The van der Waals surface area contributed by atoms with Gasteiger partial charge in [-0.3, -0.25) is 9.89 Å². The Morgan fingerprint density at radius 2 is 1.91 bits per heavy atom. The smallest absolute Gasteiger partial charge is 0.276 e. The molecule has 23 heavy (non-hydrogen) atoms. The molecule has 0 unspecified atom stereocenters. The molecule has 5 heteroatoms. The van der Waals surface area contributed by atoms with E-state index >= 15 is 0 Å². The number of H-pyrrole nitrogens is 1. The van der Waals surface area contributed by atoms with Crippen LogP contribution in [0.3, 0.4) is 0 Å². The minimum Gasteiger partial charge on any atom is -0.378 e. The topological polar surface area (TPSA) is 59.4 Å². The zero-order valence-corrected chi connectivity index (χ0v) is 13.9. The summed E-state index contributed by atoms with van der Waals surface area (Å²) < 4.78 is 6.83. The molecule has 2 heterocycles. The van der Waals surface area contributed by atoms with Crippen molar-refractivity contribution in [3.8, 4) is 11.1 Å². The second-order valence-corrected chi connectivity index (χ2v) is 5.76. The zero-order chi connectivity index (χ0) is 16.6. The average Bonchev–Trinajstić information content (AvgIpc) is 2.87. The Hall–Kier alpha value is -2.40. The third-order valence-electron chi connectivity index (χ3n) is 4.14. The fourth-order valence-corrected chi connectivity index (χ4v) is 2.94. The highest BCUT2D eigenvalue weighted by molar-refractivity contribution is 5.80. The number of aromatic amines is 1. The lowest BCUT2D eigenvalue weighted by atomic mass is 10.0. The second kappa shape index (κ2) is 6.01. The van der Waals surface area contributed by atoms with Crippen LogP contribution in [0.25, 0.3) is 16.8 Å². The molecule has 3 rings (SSSR count). The van der Waals surface area contributed by atoms with E-state index in [1.807, 2.05) is 26.0 Å². The van der Waals surface area contributed by atoms with Crippen molar-refractivity contribution in [3.05, 3.63) is 57.1 Å². The van der Waals surface area contributed by atoms with Gasteiger partial charge in [-0.1, -0.05) is 36.8 Å². The van der Waals surface area contributed by atoms with Gasteiger partial charge in [-0.05, 0) is 25.8 Å². The number of rotatable bonds is 4. The van der Waals surface area contributed by atoms with Crippen molar-refractivity contribution in [2.24, 2.45) is 0 Å². The minimum absolute atomic E-state index is 0.0364. The van der Waals surface area contributed by atoms with E-state index in [1.165, 1.54) is 10.1 Å². The standard InChI is InChI=1S/C18H21N3O2/c1-5-14-12(3)19-17-16(13-8-6-11(2)7-9-13)15(10-23-4)20-21(17)18(14)22/h6-9,20H,5,10H2,1-4H3. The quantitative estimate of drug-likeness (QED) is 0.805. The first-order chi connectivity index (χ1) is 11.1. The molecular weight excluding hydrogens is 290 g/mol. The number of hydrogen-bond acceptors (Lipinski definition) is 3. The summed E-state index contributed by atoms with van der Waals surface area (Å²) in [6.45, 7) is 6.31. The van der Waals surface area contributed by atoms with Gasteiger partial charge in [0.05, 0.1) is 12.3 Å². The second-order valence-electron chi connectivity index (χ2n) is 5.76. The Balaban J connectivity index is 2.36. The number of nitrogens with zero attached hydrogens (tertiary/aromatic N) is 2. The first-order valence-electron chi connectivity index (χ1n) is 7.75. The van der Waals surface area contributed by atoms with Gasteiger partial charge in [0.2, 0.25) is 0 Å². The average molecular weight is 311 g/mol. The number of fused-ring (bicyclic) bond motifs is 1. The Bertz CT molecular complexity index is 905. The maximum Gasteiger partial charge on any atom is 0.276 e. The van der Waals surface area contributed by atoms with Crippen molar-refractivity contribution < 1.29 is 4.74 Å². The van der Waals surface area contributed by atoms with E-state index in [-0.39, 0.29) is 5.56 Å². The van der Waals surface area contributed by atoms with Crippen LogP contribution in [0.2, 0.25) is 0 Å². The van der Waals surface area contributed by atoms with E-state index in [2.05, 4.69) is 29.1 Å². The molecule has 0 spiro atoms. The molecule has 0 saturated carbocycles. The number of ether oxygens (including phenoxy) is 1. The molecule has 5 nitrogen and oxygen atoms in total. The highest BCUT2D eigenvalue weighted by Gasteiger charge is 2.18. The van der Waals surface area contributed by atoms with Crippen LogP contribution in [0, 0.1) is 13.8 Å². The van der Waals surface area contributed by atoms with Crippen LogP contribution in [-0.4, -0.2) is 21.7 Å². The Morgan fingerprint density at radius 3 is 2.52 bits per heavy atom. The van der Waals surface area contributed by atoms with Crippen LogP contribution < -0.4 is 5.56 Å². The predicted octanol–water partition coefficient (Wildman–Crippen LogP) is 3.02. The molecule has 1 aromatic carbocycles. The molecule has 0 aliphatic heterocycles. The molecule has 0 aliphatic rings. The van der Waals surface area contributed by atoms with Gasteiger partial charge in [0.1, 0.15) is 0 Å². The van der Waals surface area contributed by atoms with Gasteiger partial charge < -0.3 is 4.74 Å². The van der Waals surface area contributed by atoms with Crippen LogP contribution >= 0.6 is 0 Å². The van der Waals surface area contributed by atoms with Crippen molar-refractivity contribution >= 4 is 5.65 Å². The highest BCUT2D eigenvalue weighted by atomic mass is 16.5. The molecular formula is C18H21N3O2. The van der Waals surface area contributed by atoms with E-state index < -0.39 is 0 Å². The lowest BCUT2D eigenvalue weighted by molar-refractivity contribution is 0.181. The van der Waals surface area contributed by atoms with Crippen LogP contribution in [0.5, 0.6) is 0 Å². The highest BCUT2D eigenvalue weighted by Crippen LogP contribution is 2.28. The lowest BCUT2D eigenvalue weighted by Gasteiger charge is -2.05. The lowest BCUT2D eigenvalue weighted by Crippen LogP contribution is -2.21. The number of methoxy groups -OCH3 is 1. The van der Waals surface area contributed by atoms with Gasteiger partial charge in [0.15, 0.2) is 5.65 Å². The molecule has 0 radical (unpaired) electrons. The molecule has 120 valence electrons. The molecule has 1 N–H and O–H groups in total. The maximum atomic E-state index is 12.7. The maximum absolute atomic E-state index is 12.7. The van der Waals surface area contributed by atoms with Crippen molar-refractivity contribution in [3.63, 3.8) is 0 Å². The van der Waals surface area contributed by atoms with Crippen LogP contribution in [-0.2, 0) is 17.8 Å². The van der Waals surface area contributed by atoms with Crippen molar-refractivity contribution in [2.45, 2.75) is 33.8 Å². The van der Waals surface area contributed by atoms with Gasteiger partial charge >= 0.3 is 0 Å². The SMILES string of the molecule is CCc1c(C)nc2c(-c3ccc(C)cc3)c(COC)[nH]n2c1=O. The van der Waals surface area contributed by atoms with Gasteiger partial charge in [-0.2, -0.15) is 0 Å². The van der Waals surface area contributed by atoms with Crippen LogP contribution in [0.15, 0.2) is 29.1 Å². The fourth-order valence-electron chi connectivity index (χ4n) is 2.94. The predicted molar refractivity (Wildman–Crippen MR) is 90.8 cm³/mol. The van der Waals surface area contributed by atoms with Gasteiger partial charge in [-0.25, -0.2) is 9.50 Å².